The number of pyridine rings is 2. The molecule has 1 unspecified atom stereocenters. The van der Waals surface area contributed by atoms with Gasteiger partial charge in [0, 0.05) is 12.4 Å². The van der Waals surface area contributed by atoms with E-state index >= 15 is 0 Å². The molecule has 0 aromatic carbocycles. The van der Waals surface area contributed by atoms with Crippen LogP contribution in [-0.4, -0.2) is 16.5 Å². The highest BCUT2D eigenvalue weighted by Crippen LogP contribution is 2.29. The van der Waals surface area contributed by atoms with Crippen molar-refractivity contribution in [3.63, 3.8) is 0 Å². The molecule has 0 spiro atoms. The van der Waals surface area contributed by atoms with E-state index in [0.717, 1.165) is 18.5 Å². The van der Waals surface area contributed by atoms with Crippen LogP contribution in [0.4, 0.5) is 17.6 Å². The Morgan fingerprint density at radius 3 is 2.48 bits per heavy atom. The zero-order valence-electron chi connectivity index (χ0n) is 11.2. The van der Waals surface area contributed by atoms with Crippen molar-refractivity contribution >= 4 is 0 Å². The second-order valence-corrected chi connectivity index (χ2v) is 4.40. The molecule has 0 radical (unpaired) electrons. The number of hydrogen-bond donors (Lipinski definition) is 1. The molecule has 0 saturated carbocycles. The predicted molar refractivity (Wildman–Crippen MR) is 69.0 cm³/mol. The van der Waals surface area contributed by atoms with Crippen LogP contribution >= 0.6 is 0 Å². The molecular formula is C14H13F4N3. The Bertz CT molecular complexity index is 596. The molecule has 0 amide bonds. The van der Waals surface area contributed by atoms with Gasteiger partial charge in [0.2, 0.25) is 0 Å². The van der Waals surface area contributed by atoms with E-state index in [1.165, 1.54) is 18.3 Å². The standard InChI is InChI=1S/C14H13F4N3/c1-2-20-13(9-5-11(15)8-19-6-9)12-4-3-10(7-21-12)14(16,17)18/h3-8,13,20H,2H2,1H3. The van der Waals surface area contributed by atoms with Crippen molar-refractivity contribution in [2.24, 2.45) is 0 Å². The number of alkyl halides is 3. The fourth-order valence-corrected chi connectivity index (χ4v) is 1.93. The molecule has 2 aromatic rings. The molecule has 0 saturated heterocycles. The highest BCUT2D eigenvalue weighted by Gasteiger charge is 2.31. The minimum Gasteiger partial charge on any atom is -0.305 e. The maximum Gasteiger partial charge on any atom is 0.417 e. The van der Waals surface area contributed by atoms with Gasteiger partial charge in [-0.3, -0.25) is 9.97 Å². The van der Waals surface area contributed by atoms with E-state index in [-0.39, 0.29) is 0 Å². The molecule has 3 nitrogen and oxygen atoms in total. The Morgan fingerprint density at radius 1 is 1.19 bits per heavy atom. The first-order valence-corrected chi connectivity index (χ1v) is 6.28. The van der Waals surface area contributed by atoms with E-state index in [2.05, 4.69) is 15.3 Å². The molecule has 2 aromatic heterocycles. The number of aromatic nitrogens is 2. The maximum atomic E-state index is 13.2. The summed E-state index contributed by atoms with van der Waals surface area (Å²) < 4.78 is 50.8. The number of nitrogens with zero attached hydrogens (tertiary/aromatic N) is 2. The Balaban J connectivity index is 2.34. The van der Waals surface area contributed by atoms with E-state index < -0.39 is 23.6 Å². The zero-order chi connectivity index (χ0) is 15.5. The summed E-state index contributed by atoms with van der Waals surface area (Å²) in [4.78, 5) is 7.58. The van der Waals surface area contributed by atoms with Crippen LogP contribution in [0.25, 0.3) is 0 Å². The van der Waals surface area contributed by atoms with Crippen molar-refractivity contribution in [2.45, 2.75) is 19.1 Å². The number of hydrogen-bond acceptors (Lipinski definition) is 3. The van der Waals surface area contributed by atoms with Gasteiger partial charge < -0.3 is 5.32 Å². The first-order valence-electron chi connectivity index (χ1n) is 6.28. The van der Waals surface area contributed by atoms with Crippen LogP contribution in [0, 0.1) is 5.82 Å². The average molecular weight is 299 g/mol. The summed E-state index contributed by atoms with van der Waals surface area (Å²) in [5.74, 6) is -0.512. The number of nitrogens with one attached hydrogen (secondary N) is 1. The Kier molecular flexibility index (Phi) is 4.52. The quantitative estimate of drug-likeness (QED) is 0.880. The normalized spacial score (nSPS) is 13.2. The SMILES string of the molecule is CCNC(c1cncc(F)c1)c1ccc(C(F)(F)F)cn1. The smallest absolute Gasteiger partial charge is 0.305 e. The Hall–Kier alpha value is -2.02. The van der Waals surface area contributed by atoms with E-state index in [9.17, 15) is 17.6 Å². The summed E-state index contributed by atoms with van der Waals surface area (Å²) in [6.45, 7) is 2.38. The summed E-state index contributed by atoms with van der Waals surface area (Å²) >= 11 is 0. The minimum atomic E-state index is -4.43. The molecule has 2 rings (SSSR count). The molecule has 0 aliphatic heterocycles. The van der Waals surface area contributed by atoms with Crippen LogP contribution in [0.2, 0.25) is 0 Å². The van der Waals surface area contributed by atoms with Crippen LogP contribution in [0.5, 0.6) is 0 Å². The molecule has 0 aliphatic rings. The molecule has 0 aliphatic carbocycles. The lowest BCUT2D eigenvalue weighted by Crippen LogP contribution is -2.23. The lowest BCUT2D eigenvalue weighted by atomic mass is 10.0. The van der Waals surface area contributed by atoms with Gasteiger partial charge in [0.1, 0.15) is 5.82 Å². The van der Waals surface area contributed by atoms with E-state index in [1.54, 1.807) is 0 Å². The number of halogens is 4. The summed E-state index contributed by atoms with van der Waals surface area (Å²) in [7, 11) is 0. The molecule has 7 heteroatoms. The topological polar surface area (TPSA) is 37.8 Å². The van der Waals surface area contributed by atoms with Gasteiger partial charge in [-0.15, -0.1) is 0 Å². The lowest BCUT2D eigenvalue weighted by molar-refractivity contribution is -0.137. The largest absolute Gasteiger partial charge is 0.417 e. The van der Waals surface area contributed by atoms with E-state index in [4.69, 9.17) is 0 Å². The van der Waals surface area contributed by atoms with Crippen molar-refractivity contribution in [1.82, 2.24) is 15.3 Å². The second kappa shape index (κ2) is 6.17. The van der Waals surface area contributed by atoms with Gasteiger partial charge in [-0.05, 0) is 30.3 Å². The summed E-state index contributed by atoms with van der Waals surface area (Å²) in [5.41, 5.74) is 0.0558. The van der Waals surface area contributed by atoms with Crippen LogP contribution in [0.1, 0.15) is 29.8 Å². The van der Waals surface area contributed by atoms with E-state index in [0.29, 0.717) is 17.8 Å². The predicted octanol–water partition coefficient (Wildman–Crippen LogP) is 3.33. The fraction of sp³-hybridized carbons (Fsp3) is 0.286. The van der Waals surface area contributed by atoms with Gasteiger partial charge in [-0.1, -0.05) is 6.92 Å². The lowest BCUT2D eigenvalue weighted by Gasteiger charge is -2.18. The summed E-state index contributed by atoms with van der Waals surface area (Å²) in [6, 6.07) is 3.00. The molecule has 0 fully saturated rings. The molecule has 1 N–H and O–H groups in total. The highest BCUT2D eigenvalue weighted by molar-refractivity contribution is 5.27. The molecule has 0 bridgehead atoms. The van der Waals surface area contributed by atoms with Crippen LogP contribution in [0.3, 0.4) is 0 Å². The average Bonchev–Trinajstić information content (AvgIpc) is 2.44. The fourth-order valence-electron chi connectivity index (χ4n) is 1.93. The van der Waals surface area contributed by atoms with Gasteiger partial charge >= 0.3 is 6.18 Å². The van der Waals surface area contributed by atoms with Crippen molar-refractivity contribution in [3.05, 3.63) is 59.4 Å². The molecule has 112 valence electrons. The van der Waals surface area contributed by atoms with Gasteiger partial charge in [-0.25, -0.2) is 4.39 Å². The first kappa shape index (κ1) is 15.4. The Labute approximate surface area is 119 Å². The van der Waals surface area contributed by atoms with Crippen molar-refractivity contribution in [2.75, 3.05) is 6.54 Å². The third-order valence-corrected chi connectivity index (χ3v) is 2.88. The van der Waals surface area contributed by atoms with Crippen molar-refractivity contribution in [3.8, 4) is 0 Å². The first-order chi connectivity index (χ1) is 9.91. The zero-order valence-corrected chi connectivity index (χ0v) is 11.2. The van der Waals surface area contributed by atoms with Gasteiger partial charge in [0.25, 0.3) is 0 Å². The Morgan fingerprint density at radius 2 is 1.95 bits per heavy atom. The summed E-state index contributed by atoms with van der Waals surface area (Å²) in [5, 5.41) is 3.05. The molecule has 1 atom stereocenters. The van der Waals surface area contributed by atoms with Gasteiger partial charge in [0.05, 0.1) is 23.5 Å². The van der Waals surface area contributed by atoms with Gasteiger partial charge in [0.15, 0.2) is 0 Å². The van der Waals surface area contributed by atoms with Crippen LogP contribution in [0.15, 0.2) is 36.8 Å². The monoisotopic (exact) mass is 299 g/mol. The third kappa shape index (κ3) is 3.75. The van der Waals surface area contributed by atoms with Crippen LogP contribution in [-0.2, 0) is 6.18 Å². The minimum absolute atomic E-state index is 0.372. The highest BCUT2D eigenvalue weighted by atomic mass is 19.4. The second-order valence-electron chi connectivity index (χ2n) is 4.40. The van der Waals surface area contributed by atoms with Crippen molar-refractivity contribution in [1.29, 1.82) is 0 Å². The van der Waals surface area contributed by atoms with Crippen molar-refractivity contribution < 1.29 is 17.6 Å². The summed E-state index contributed by atoms with van der Waals surface area (Å²) in [6.07, 6.45) is -1.14. The van der Waals surface area contributed by atoms with E-state index in [1.807, 2.05) is 6.92 Å². The maximum absolute atomic E-state index is 13.2. The molecule has 2 heterocycles. The third-order valence-electron chi connectivity index (χ3n) is 2.88. The number of rotatable bonds is 4. The molecular weight excluding hydrogens is 286 g/mol. The molecule has 21 heavy (non-hydrogen) atoms. The van der Waals surface area contributed by atoms with Gasteiger partial charge in [-0.2, -0.15) is 13.2 Å². The van der Waals surface area contributed by atoms with Crippen LogP contribution < -0.4 is 5.32 Å².